The standard InChI is InChI=1S/C19H24N2O3S/c1-3-24-16-11-7-8-13(17(16)22)12-15-18(23)21(19(25)20(15)2)14-9-5-4-6-10-14/h7-8,11-12,14,22H,3-6,9-10H2,1-2H3/b15-12-. The molecular formula is C19H24N2O3S. The van der Waals surface area contributed by atoms with Gasteiger partial charge in [-0.05, 0) is 44.1 Å². The lowest BCUT2D eigenvalue weighted by Gasteiger charge is -2.30. The number of hydrogen-bond donors (Lipinski definition) is 1. The summed E-state index contributed by atoms with van der Waals surface area (Å²) >= 11 is 5.52. The Labute approximate surface area is 153 Å². The Bertz CT molecular complexity index is 711. The van der Waals surface area contributed by atoms with Crippen molar-refractivity contribution in [1.82, 2.24) is 9.80 Å². The minimum absolute atomic E-state index is 0.0417. The van der Waals surface area contributed by atoms with Crippen molar-refractivity contribution in [3.05, 3.63) is 29.5 Å². The van der Waals surface area contributed by atoms with Gasteiger partial charge in [0.2, 0.25) is 0 Å². The number of para-hydroxylation sites is 1. The maximum absolute atomic E-state index is 13.0. The summed E-state index contributed by atoms with van der Waals surface area (Å²) in [6.45, 7) is 2.32. The first-order valence-electron chi connectivity index (χ1n) is 8.82. The Hall–Kier alpha value is -2.08. The van der Waals surface area contributed by atoms with Crippen LogP contribution in [0.3, 0.4) is 0 Å². The second kappa shape index (κ2) is 7.44. The molecule has 2 aliphatic rings. The summed E-state index contributed by atoms with van der Waals surface area (Å²) in [4.78, 5) is 16.5. The normalized spacial score (nSPS) is 20.6. The third-order valence-electron chi connectivity index (χ3n) is 4.85. The zero-order chi connectivity index (χ0) is 18.0. The van der Waals surface area contributed by atoms with Crippen molar-refractivity contribution in [2.75, 3.05) is 13.7 Å². The van der Waals surface area contributed by atoms with Crippen LogP contribution in [0.25, 0.3) is 6.08 Å². The highest BCUT2D eigenvalue weighted by atomic mass is 32.1. The van der Waals surface area contributed by atoms with Crippen molar-refractivity contribution < 1.29 is 14.6 Å². The highest BCUT2D eigenvalue weighted by Crippen LogP contribution is 2.34. The lowest BCUT2D eigenvalue weighted by atomic mass is 9.94. The predicted octanol–water partition coefficient (Wildman–Crippen LogP) is 3.52. The van der Waals surface area contributed by atoms with Gasteiger partial charge in [-0.1, -0.05) is 31.4 Å². The van der Waals surface area contributed by atoms with E-state index in [4.69, 9.17) is 17.0 Å². The van der Waals surface area contributed by atoms with Gasteiger partial charge in [0.1, 0.15) is 5.70 Å². The van der Waals surface area contributed by atoms with Gasteiger partial charge < -0.3 is 14.7 Å². The Balaban J connectivity index is 1.92. The number of aromatic hydroxyl groups is 1. The van der Waals surface area contributed by atoms with E-state index >= 15 is 0 Å². The molecule has 5 nitrogen and oxygen atoms in total. The molecule has 1 aromatic carbocycles. The van der Waals surface area contributed by atoms with Gasteiger partial charge in [-0.3, -0.25) is 9.69 Å². The highest BCUT2D eigenvalue weighted by molar-refractivity contribution is 7.80. The topological polar surface area (TPSA) is 53.0 Å². The summed E-state index contributed by atoms with van der Waals surface area (Å²) in [6, 6.07) is 5.46. The molecule has 1 saturated carbocycles. The quantitative estimate of drug-likeness (QED) is 0.658. The van der Waals surface area contributed by atoms with Gasteiger partial charge in [-0.15, -0.1) is 0 Å². The Kier molecular flexibility index (Phi) is 5.27. The summed E-state index contributed by atoms with van der Waals surface area (Å²) in [5.41, 5.74) is 1.04. The molecule has 1 N–H and O–H groups in total. The van der Waals surface area contributed by atoms with Crippen LogP contribution in [0.2, 0.25) is 0 Å². The number of phenols is 1. The first-order chi connectivity index (χ1) is 12.0. The summed E-state index contributed by atoms with van der Waals surface area (Å²) in [5.74, 6) is 0.373. The van der Waals surface area contributed by atoms with E-state index in [1.165, 1.54) is 6.42 Å². The summed E-state index contributed by atoms with van der Waals surface area (Å²) in [6.07, 6.45) is 7.18. The van der Waals surface area contributed by atoms with Crippen molar-refractivity contribution in [2.45, 2.75) is 45.1 Å². The van der Waals surface area contributed by atoms with Crippen LogP contribution >= 0.6 is 12.2 Å². The monoisotopic (exact) mass is 360 g/mol. The number of thiocarbonyl (C=S) groups is 1. The summed E-state index contributed by atoms with van der Waals surface area (Å²) < 4.78 is 5.42. The van der Waals surface area contributed by atoms with E-state index in [-0.39, 0.29) is 17.7 Å². The maximum atomic E-state index is 13.0. The van der Waals surface area contributed by atoms with Crippen molar-refractivity contribution >= 4 is 29.3 Å². The van der Waals surface area contributed by atoms with Crippen LogP contribution in [0, 0.1) is 0 Å². The molecule has 0 unspecified atom stereocenters. The highest BCUT2D eigenvalue weighted by Gasteiger charge is 2.40. The van der Waals surface area contributed by atoms with Crippen LogP contribution in [-0.4, -0.2) is 45.6 Å². The number of likely N-dealkylation sites (N-methyl/N-ethyl adjacent to an activating group) is 1. The number of hydrogen-bond acceptors (Lipinski definition) is 4. The fraction of sp³-hybridized carbons (Fsp3) is 0.474. The number of nitrogens with zero attached hydrogens (tertiary/aromatic N) is 2. The molecule has 1 heterocycles. The van der Waals surface area contributed by atoms with Crippen LogP contribution in [0.1, 0.15) is 44.6 Å². The Morgan fingerprint density at radius 3 is 2.72 bits per heavy atom. The van der Waals surface area contributed by atoms with Gasteiger partial charge in [0, 0.05) is 18.7 Å². The molecule has 1 aromatic rings. The molecule has 0 atom stereocenters. The molecular weight excluding hydrogens is 336 g/mol. The maximum Gasteiger partial charge on any atom is 0.277 e. The lowest BCUT2D eigenvalue weighted by molar-refractivity contribution is -0.124. The lowest BCUT2D eigenvalue weighted by Crippen LogP contribution is -2.41. The molecule has 3 rings (SSSR count). The van der Waals surface area contributed by atoms with Gasteiger partial charge in [-0.25, -0.2) is 0 Å². The molecule has 25 heavy (non-hydrogen) atoms. The van der Waals surface area contributed by atoms with E-state index in [0.29, 0.717) is 28.7 Å². The number of benzene rings is 1. The van der Waals surface area contributed by atoms with Gasteiger partial charge >= 0.3 is 0 Å². The molecule has 1 amide bonds. The van der Waals surface area contributed by atoms with Gasteiger partial charge in [-0.2, -0.15) is 0 Å². The van der Waals surface area contributed by atoms with Gasteiger partial charge in [0.25, 0.3) is 5.91 Å². The Morgan fingerprint density at radius 1 is 1.32 bits per heavy atom. The number of ether oxygens (including phenoxy) is 1. The van der Waals surface area contributed by atoms with Gasteiger partial charge in [0.05, 0.1) is 6.61 Å². The zero-order valence-electron chi connectivity index (χ0n) is 14.7. The fourth-order valence-corrected chi connectivity index (χ4v) is 3.84. The Morgan fingerprint density at radius 2 is 2.04 bits per heavy atom. The van der Waals surface area contributed by atoms with Crippen molar-refractivity contribution in [1.29, 1.82) is 0 Å². The number of amides is 1. The number of carbonyl (C=O) groups is 1. The number of carbonyl (C=O) groups excluding carboxylic acids is 1. The average Bonchev–Trinajstić information content (AvgIpc) is 2.82. The van der Waals surface area contributed by atoms with Crippen molar-refractivity contribution in [3.8, 4) is 11.5 Å². The van der Waals surface area contributed by atoms with Crippen LogP contribution in [-0.2, 0) is 4.79 Å². The van der Waals surface area contributed by atoms with Crippen LogP contribution in [0.5, 0.6) is 11.5 Å². The average molecular weight is 360 g/mol. The number of rotatable bonds is 4. The summed E-state index contributed by atoms with van der Waals surface area (Å²) in [5, 5.41) is 10.9. The fourth-order valence-electron chi connectivity index (χ4n) is 3.51. The van der Waals surface area contributed by atoms with Crippen molar-refractivity contribution in [2.24, 2.45) is 0 Å². The predicted molar refractivity (Wildman–Crippen MR) is 101 cm³/mol. The van der Waals surface area contributed by atoms with Crippen LogP contribution in [0.4, 0.5) is 0 Å². The summed E-state index contributed by atoms with van der Waals surface area (Å²) in [7, 11) is 1.80. The number of phenolic OH excluding ortho intramolecular Hbond substituents is 1. The molecule has 134 valence electrons. The van der Waals surface area contributed by atoms with Crippen LogP contribution < -0.4 is 4.74 Å². The van der Waals surface area contributed by atoms with E-state index in [9.17, 15) is 9.90 Å². The molecule has 1 saturated heterocycles. The smallest absolute Gasteiger partial charge is 0.277 e. The second-order valence-electron chi connectivity index (χ2n) is 6.47. The SMILES string of the molecule is CCOc1cccc(/C=C2/C(=O)N(C3CCCCC3)C(=S)N2C)c1O. The molecule has 2 fully saturated rings. The van der Waals surface area contributed by atoms with E-state index < -0.39 is 0 Å². The van der Waals surface area contributed by atoms with E-state index in [1.54, 1.807) is 41.1 Å². The minimum atomic E-state index is -0.0828. The largest absolute Gasteiger partial charge is 0.504 e. The first-order valence-corrected chi connectivity index (χ1v) is 9.23. The first kappa shape index (κ1) is 17.7. The molecule has 6 heteroatoms. The molecule has 0 aromatic heterocycles. The van der Waals surface area contributed by atoms with Crippen LogP contribution in [0.15, 0.2) is 23.9 Å². The molecule has 0 spiro atoms. The van der Waals surface area contributed by atoms with E-state index in [1.807, 2.05) is 6.92 Å². The van der Waals surface area contributed by atoms with Gasteiger partial charge in [0.15, 0.2) is 16.6 Å². The molecule has 1 aliphatic carbocycles. The molecule has 1 aliphatic heterocycles. The molecule has 0 bridgehead atoms. The second-order valence-corrected chi connectivity index (χ2v) is 6.83. The molecule has 0 radical (unpaired) electrons. The van der Waals surface area contributed by atoms with Crippen molar-refractivity contribution in [3.63, 3.8) is 0 Å². The third-order valence-corrected chi connectivity index (χ3v) is 5.32. The third kappa shape index (κ3) is 3.35. The minimum Gasteiger partial charge on any atom is -0.504 e. The van der Waals surface area contributed by atoms with E-state index in [0.717, 1.165) is 25.7 Å². The van der Waals surface area contributed by atoms with E-state index in [2.05, 4.69) is 0 Å². The zero-order valence-corrected chi connectivity index (χ0v) is 15.5.